The minimum absolute atomic E-state index is 0.0666. The molecule has 1 aromatic rings. The van der Waals surface area contributed by atoms with Gasteiger partial charge in [0, 0.05) is 11.6 Å². The maximum atomic E-state index is 14.4. The van der Waals surface area contributed by atoms with Crippen molar-refractivity contribution in [1.82, 2.24) is 9.78 Å². The predicted molar refractivity (Wildman–Crippen MR) is 84.5 cm³/mol. The molecule has 1 aliphatic carbocycles. The van der Waals surface area contributed by atoms with Gasteiger partial charge in [0.05, 0.1) is 17.7 Å². The van der Waals surface area contributed by atoms with E-state index in [0.717, 1.165) is 18.9 Å². The first-order chi connectivity index (χ1) is 11.4. The molecule has 2 heterocycles. The van der Waals surface area contributed by atoms with Gasteiger partial charge in [-0.1, -0.05) is 0 Å². The van der Waals surface area contributed by atoms with E-state index in [1.807, 2.05) is 0 Å². The van der Waals surface area contributed by atoms with Crippen LogP contribution in [0.5, 0.6) is 0 Å². The lowest BCUT2D eigenvalue weighted by atomic mass is 9.88. The van der Waals surface area contributed by atoms with Crippen molar-refractivity contribution in [2.75, 3.05) is 0 Å². The largest absolute Gasteiger partial charge is 0.524 e. The Morgan fingerprint density at radius 2 is 1.84 bits per heavy atom. The fourth-order valence-electron chi connectivity index (χ4n) is 2.65. The van der Waals surface area contributed by atoms with Crippen LogP contribution >= 0.6 is 0 Å². The Bertz CT molecular complexity index is 677. The first kappa shape index (κ1) is 18.4. The van der Waals surface area contributed by atoms with Gasteiger partial charge in [-0.3, -0.25) is 4.68 Å². The number of alkyl halides is 3. The third kappa shape index (κ3) is 3.62. The minimum atomic E-state index is -4.51. The molecule has 138 valence electrons. The normalized spacial score (nSPS) is 23.4. The number of hydrogen-bond donors (Lipinski definition) is 0. The Morgan fingerprint density at radius 1 is 1.28 bits per heavy atom. The Kier molecular flexibility index (Phi) is 4.31. The second-order valence-corrected chi connectivity index (χ2v) is 7.59. The Hall–Kier alpha value is -1.35. The summed E-state index contributed by atoms with van der Waals surface area (Å²) in [5.41, 5.74) is -2.48. The van der Waals surface area contributed by atoms with Gasteiger partial charge in [-0.05, 0) is 52.7 Å². The molecule has 2 aliphatic rings. The Balaban J connectivity index is 1.77. The van der Waals surface area contributed by atoms with Crippen LogP contribution in [0.25, 0.3) is 0 Å². The van der Waals surface area contributed by atoms with E-state index in [1.165, 1.54) is 10.8 Å². The molecule has 0 unspecified atom stereocenters. The van der Waals surface area contributed by atoms with Crippen LogP contribution in [0.15, 0.2) is 17.9 Å². The van der Waals surface area contributed by atoms with Gasteiger partial charge in [0.2, 0.25) is 0 Å². The third-order valence-electron chi connectivity index (χ3n) is 5.03. The quantitative estimate of drug-likeness (QED) is 0.595. The molecule has 0 atom stereocenters. The van der Waals surface area contributed by atoms with Crippen LogP contribution in [0.4, 0.5) is 17.6 Å². The molecular formula is C16H21BF4N2O2. The van der Waals surface area contributed by atoms with Crippen LogP contribution in [-0.4, -0.2) is 28.1 Å². The topological polar surface area (TPSA) is 36.3 Å². The highest BCUT2D eigenvalue weighted by Gasteiger charge is 2.53. The summed E-state index contributed by atoms with van der Waals surface area (Å²) in [6.45, 7) is 7.10. The molecule has 2 fully saturated rings. The molecule has 1 aliphatic heterocycles. The molecule has 1 saturated carbocycles. The number of nitrogens with zero attached hydrogens (tertiary/aromatic N) is 2. The zero-order valence-electron chi connectivity index (χ0n) is 14.7. The summed E-state index contributed by atoms with van der Waals surface area (Å²) in [4.78, 5) is 0. The molecule has 0 bridgehead atoms. The summed E-state index contributed by atoms with van der Waals surface area (Å²) in [6.07, 6.45) is -1.69. The molecule has 0 amide bonds. The second kappa shape index (κ2) is 5.84. The van der Waals surface area contributed by atoms with Crippen molar-refractivity contribution in [2.24, 2.45) is 0 Å². The molecular weight excluding hydrogens is 339 g/mol. The number of hydrogen-bond acceptors (Lipinski definition) is 3. The summed E-state index contributed by atoms with van der Waals surface area (Å²) < 4.78 is 65.4. The molecule has 1 saturated heterocycles. The molecule has 9 heteroatoms. The average molecular weight is 360 g/mol. The van der Waals surface area contributed by atoms with Gasteiger partial charge in [-0.15, -0.1) is 0 Å². The van der Waals surface area contributed by atoms with Crippen LogP contribution < -0.4 is 0 Å². The summed E-state index contributed by atoms with van der Waals surface area (Å²) >= 11 is 0. The smallest absolute Gasteiger partial charge is 0.398 e. The minimum Gasteiger partial charge on any atom is -0.398 e. The van der Waals surface area contributed by atoms with Gasteiger partial charge < -0.3 is 9.31 Å². The van der Waals surface area contributed by atoms with Gasteiger partial charge >= 0.3 is 13.3 Å². The number of rotatable bonds is 4. The predicted octanol–water partition coefficient (Wildman–Crippen LogP) is 4.26. The number of halogens is 4. The molecule has 4 nitrogen and oxygen atoms in total. The SMILES string of the molecule is CC1(C)OB(C(F)=CCn2nc(C(F)(F)F)cc2C2CC2)OC1(C)C. The van der Waals surface area contributed by atoms with Gasteiger partial charge in [-0.2, -0.15) is 18.3 Å². The maximum Gasteiger partial charge on any atom is 0.524 e. The fourth-order valence-corrected chi connectivity index (χ4v) is 2.65. The van der Waals surface area contributed by atoms with Crippen molar-refractivity contribution in [3.63, 3.8) is 0 Å². The Labute approximate surface area is 144 Å². The van der Waals surface area contributed by atoms with E-state index >= 15 is 0 Å². The standard InChI is InChI=1S/C16H21BF4N2O2/c1-14(2)15(3,4)25-17(24-14)13(18)7-8-23-11(10-5-6-10)9-12(22-23)16(19,20)21/h7,9-10H,5-6,8H2,1-4H3. The average Bonchev–Trinajstić information content (AvgIpc) is 3.16. The van der Waals surface area contributed by atoms with E-state index in [0.29, 0.717) is 5.69 Å². The van der Waals surface area contributed by atoms with Crippen LogP contribution in [0.3, 0.4) is 0 Å². The second-order valence-electron chi connectivity index (χ2n) is 7.59. The highest BCUT2D eigenvalue weighted by molar-refractivity contribution is 6.53. The molecule has 25 heavy (non-hydrogen) atoms. The van der Waals surface area contributed by atoms with Crippen molar-refractivity contribution >= 4 is 7.12 Å². The summed E-state index contributed by atoms with van der Waals surface area (Å²) in [5.74, 6) is 0.0666. The molecule has 0 spiro atoms. The van der Waals surface area contributed by atoms with Crippen LogP contribution in [0, 0.1) is 0 Å². The van der Waals surface area contributed by atoms with E-state index in [2.05, 4.69) is 5.10 Å². The molecule has 0 radical (unpaired) electrons. The van der Waals surface area contributed by atoms with E-state index < -0.39 is 35.9 Å². The van der Waals surface area contributed by atoms with Crippen LogP contribution in [0.1, 0.15) is 57.8 Å². The Morgan fingerprint density at radius 3 is 2.32 bits per heavy atom. The van der Waals surface area contributed by atoms with Crippen molar-refractivity contribution in [3.8, 4) is 0 Å². The van der Waals surface area contributed by atoms with E-state index in [4.69, 9.17) is 9.31 Å². The summed E-state index contributed by atoms with van der Waals surface area (Å²) in [7, 11) is -1.16. The van der Waals surface area contributed by atoms with Crippen molar-refractivity contribution in [2.45, 2.75) is 70.4 Å². The van der Waals surface area contributed by atoms with Gasteiger partial charge in [0.25, 0.3) is 0 Å². The van der Waals surface area contributed by atoms with Crippen molar-refractivity contribution in [3.05, 3.63) is 29.3 Å². The zero-order chi connectivity index (χ0) is 18.6. The monoisotopic (exact) mass is 360 g/mol. The lowest BCUT2D eigenvalue weighted by molar-refractivity contribution is -0.141. The van der Waals surface area contributed by atoms with E-state index in [9.17, 15) is 17.6 Å². The molecule has 0 aromatic carbocycles. The maximum absolute atomic E-state index is 14.4. The van der Waals surface area contributed by atoms with Gasteiger partial charge in [0.15, 0.2) is 5.69 Å². The first-order valence-electron chi connectivity index (χ1n) is 8.27. The molecule has 3 rings (SSSR count). The summed E-state index contributed by atoms with van der Waals surface area (Å²) in [6, 6.07) is 1.05. The van der Waals surface area contributed by atoms with Crippen molar-refractivity contribution < 1.29 is 26.9 Å². The number of aromatic nitrogens is 2. The third-order valence-corrected chi connectivity index (χ3v) is 5.03. The summed E-state index contributed by atoms with van der Waals surface area (Å²) in [5, 5.41) is 3.60. The highest BCUT2D eigenvalue weighted by atomic mass is 19.4. The van der Waals surface area contributed by atoms with Gasteiger partial charge in [0.1, 0.15) is 5.73 Å². The highest BCUT2D eigenvalue weighted by Crippen LogP contribution is 2.42. The van der Waals surface area contributed by atoms with E-state index in [1.54, 1.807) is 27.7 Å². The lowest BCUT2D eigenvalue weighted by Crippen LogP contribution is -2.41. The van der Waals surface area contributed by atoms with Crippen molar-refractivity contribution in [1.29, 1.82) is 0 Å². The number of allylic oxidation sites excluding steroid dienone is 1. The molecule has 1 aromatic heterocycles. The van der Waals surface area contributed by atoms with Crippen LogP contribution in [-0.2, 0) is 22.0 Å². The van der Waals surface area contributed by atoms with Gasteiger partial charge in [-0.25, -0.2) is 4.39 Å². The first-order valence-corrected chi connectivity index (χ1v) is 8.27. The molecule has 0 N–H and O–H groups in total. The lowest BCUT2D eigenvalue weighted by Gasteiger charge is -2.32. The van der Waals surface area contributed by atoms with E-state index in [-0.39, 0.29) is 12.5 Å². The van der Waals surface area contributed by atoms with Crippen LogP contribution in [0.2, 0.25) is 0 Å². The zero-order valence-corrected chi connectivity index (χ0v) is 14.7. The fraction of sp³-hybridized carbons (Fsp3) is 0.688.